The first kappa shape index (κ1) is 14.9. The summed E-state index contributed by atoms with van der Waals surface area (Å²) < 4.78 is 0. The van der Waals surface area contributed by atoms with Gasteiger partial charge in [-0.15, -0.1) is 11.3 Å². The van der Waals surface area contributed by atoms with Crippen LogP contribution in [0.5, 0.6) is 0 Å². The van der Waals surface area contributed by atoms with Crippen molar-refractivity contribution in [1.29, 1.82) is 0 Å². The van der Waals surface area contributed by atoms with Crippen LogP contribution in [0.25, 0.3) is 0 Å². The summed E-state index contributed by atoms with van der Waals surface area (Å²) in [5, 5.41) is 13.8. The third-order valence-electron chi connectivity index (χ3n) is 3.81. The number of thiazole rings is 1. The molecule has 0 spiro atoms. The Kier molecular flexibility index (Phi) is 4.72. The molecule has 0 unspecified atom stereocenters. The first-order chi connectivity index (χ1) is 9.54. The van der Waals surface area contributed by atoms with E-state index in [-0.39, 0.29) is 17.0 Å². The van der Waals surface area contributed by atoms with Crippen molar-refractivity contribution in [3.05, 3.63) is 16.1 Å². The van der Waals surface area contributed by atoms with Crippen LogP contribution in [0.4, 0.5) is 0 Å². The number of amides is 1. The number of aromatic carboxylic acids is 1. The van der Waals surface area contributed by atoms with Gasteiger partial charge in [-0.2, -0.15) is 0 Å². The number of hydrogen-bond acceptors (Lipinski definition) is 5. The van der Waals surface area contributed by atoms with Gasteiger partial charge in [-0.3, -0.25) is 4.79 Å². The number of nitrogens with two attached hydrogens (primary N) is 1. The second kappa shape index (κ2) is 6.32. The van der Waals surface area contributed by atoms with Crippen molar-refractivity contribution in [1.82, 2.24) is 10.3 Å². The fourth-order valence-electron chi connectivity index (χ4n) is 2.37. The van der Waals surface area contributed by atoms with E-state index in [1.165, 1.54) is 16.7 Å². The van der Waals surface area contributed by atoms with Crippen LogP contribution in [0.2, 0.25) is 0 Å². The van der Waals surface area contributed by atoms with Crippen LogP contribution in [-0.2, 0) is 11.2 Å². The largest absolute Gasteiger partial charge is 0.476 e. The van der Waals surface area contributed by atoms with Crippen molar-refractivity contribution in [3.63, 3.8) is 0 Å². The van der Waals surface area contributed by atoms with Gasteiger partial charge in [-0.25, -0.2) is 9.78 Å². The van der Waals surface area contributed by atoms with E-state index >= 15 is 0 Å². The topological polar surface area (TPSA) is 105 Å². The third kappa shape index (κ3) is 3.55. The number of rotatable bonds is 7. The van der Waals surface area contributed by atoms with E-state index < -0.39 is 5.97 Å². The molecule has 1 heterocycles. The van der Waals surface area contributed by atoms with Crippen LogP contribution >= 0.6 is 11.3 Å². The van der Waals surface area contributed by atoms with Crippen molar-refractivity contribution in [2.45, 2.75) is 32.1 Å². The SMILES string of the molecule is NCC1(CC(=O)NCCc2nc(C(=O)O)cs2)CCC1. The standard InChI is InChI=1S/C13H19N3O3S/c14-8-13(3-1-4-13)6-10(17)15-5-2-11-16-9(7-20-11)12(18)19/h7H,1-6,8,14H2,(H,15,17)(H,18,19). The Morgan fingerprint density at radius 3 is 2.75 bits per heavy atom. The van der Waals surface area contributed by atoms with Gasteiger partial charge >= 0.3 is 5.97 Å². The number of nitrogens with zero attached hydrogens (tertiary/aromatic N) is 1. The smallest absolute Gasteiger partial charge is 0.355 e. The molecule has 110 valence electrons. The minimum atomic E-state index is -1.02. The molecular formula is C13H19N3O3S. The van der Waals surface area contributed by atoms with Crippen molar-refractivity contribution < 1.29 is 14.7 Å². The molecule has 6 nitrogen and oxygen atoms in total. The molecule has 20 heavy (non-hydrogen) atoms. The average Bonchev–Trinajstić information content (AvgIpc) is 2.83. The van der Waals surface area contributed by atoms with E-state index in [1.807, 2.05) is 0 Å². The van der Waals surface area contributed by atoms with Gasteiger partial charge in [0.05, 0.1) is 5.01 Å². The molecule has 1 aliphatic carbocycles. The van der Waals surface area contributed by atoms with E-state index in [0.29, 0.717) is 25.9 Å². The van der Waals surface area contributed by atoms with Gasteiger partial charge in [-0.1, -0.05) is 6.42 Å². The maximum absolute atomic E-state index is 11.8. The Morgan fingerprint density at radius 1 is 1.50 bits per heavy atom. The normalized spacial score (nSPS) is 16.4. The van der Waals surface area contributed by atoms with Gasteiger partial charge in [0.25, 0.3) is 0 Å². The highest BCUT2D eigenvalue weighted by molar-refractivity contribution is 7.09. The van der Waals surface area contributed by atoms with Gasteiger partial charge in [0.2, 0.25) is 5.91 Å². The lowest BCUT2D eigenvalue weighted by Crippen LogP contribution is -2.42. The summed E-state index contributed by atoms with van der Waals surface area (Å²) >= 11 is 1.30. The Balaban J connectivity index is 1.72. The van der Waals surface area contributed by atoms with E-state index in [9.17, 15) is 9.59 Å². The second-order valence-electron chi connectivity index (χ2n) is 5.27. The molecule has 1 saturated carbocycles. The molecule has 1 aromatic rings. The quantitative estimate of drug-likeness (QED) is 0.697. The number of carboxylic acids is 1. The number of carboxylic acid groups (broad SMARTS) is 1. The summed E-state index contributed by atoms with van der Waals surface area (Å²) in [7, 11) is 0. The zero-order valence-corrected chi connectivity index (χ0v) is 12.0. The lowest BCUT2D eigenvalue weighted by Gasteiger charge is -2.40. The molecule has 1 aliphatic rings. The van der Waals surface area contributed by atoms with Crippen LogP contribution in [0.15, 0.2) is 5.38 Å². The molecule has 1 fully saturated rings. The van der Waals surface area contributed by atoms with Gasteiger partial charge in [0.15, 0.2) is 5.69 Å². The predicted molar refractivity (Wildman–Crippen MR) is 75.7 cm³/mol. The van der Waals surface area contributed by atoms with Gasteiger partial charge in [0.1, 0.15) is 0 Å². The first-order valence-corrected chi connectivity index (χ1v) is 7.57. The molecule has 4 N–H and O–H groups in total. The fraction of sp³-hybridized carbons (Fsp3) is 0.615. The van der Waals surface area contributed by atoms with E-state index in [2.05, 4.69) is 10.3 Å². The molecule has 2 rings (SSSR count). The highest BCUT2D eigenvalue weighted by atomic mass is 32.1. The molecule has 0 atom stereocenters. The molecule has 7 heteroatoms. The Morgan fingerprint density at radius 2 is 2.25 bits per heavy atom. The van der Waals surface area contributed by atoms with Crippen LogP contribution in [0.3, 0.4) is 0 Å². The molecule has 0 saturated heterocycles. The van der Waals surface area contributed by atoms with Crippen molar-refractivity contribution in [2.75, 3.05) is 13.1 Å². The Bertz CT molecular complexity index is 491. The van der Waals surface area contributed by atoms with Crippen LogP contribution in [0, 0.1) is 5.41 Å². The summed E-state index contributed by atoms with van der Waals surface area (Å²) in [5.41, 5.74) is 5.80. The summed E-state index contributed by atoms with van der Waals surface area (Å²) in [6.45, 7) is 1.04. The summed E-state index contributed by atoms with van der Waals surface area (Å²) in [6, 6.07) is 0. The minimum absolute atomic E-state index is 0.0156. The zero-order chi connectivity index (χ0) is 14.6. The van der Waals surface area contributed by atoms with Crippen molar-refractivity contribution in [2.24, 2.45) is 11.1 Å². The number of carbonyl (C=O) groups is 2. The highest BCUT2D eigenvalue weighted by Crippen LogP contribution is 2.42. The number of aromatic nitrogens is 1. The van der Waals surface area contributed by atoms with Crippen molar-refractivity contribution >= 4 is 23.2 Å². The molecule has 1 amide bonds. The van der Waals surface area contributed by atoms with E-state index in [0.717, 1.165) is 24.3 Å². The maximum Gasteiger partial charge on any atom is 0.355 e. The van der Waals surface area contributed by atoms with Gasteiger partial charge in [-0.05, 0) is 24.8 Å². The molecule has 0 bridgehead atoms. The second-order valence-corrected chi connectivity index (χ2v) is 6.21. The maximum atomic E-state index is 11.8. The number of hydrogen-bond donors (Lipinski definition) is 3. The van der Waals surface area contributed by atoms with Gasteiger partial charge < -0.3 is 16.2 Å². The number of nitrogens with one attached hydrogen (secondary N) is 1. The molecule has 0 aromatic carbocycles. The van der Waals surface area contributed by atoms with Crippen LogP contribution < -0.4 is 11.1 Å². The summed E-state index contributed by atoms with van der Waals surface area (Å²) in [5.74, 6) is -1.00. The zero-order valence-electron chi connectivity index (χ0n) is 11.2. The molecular weight excluding hydrogens is 278 g/mol. The summed E-state index contributed by atoms with van der Waals surface area (Å²) in [6.07, 6.45) is 4.26. The lowest BCUT2D eigenvalue weighted by atomic mass is 9.66. The minimum Gasteiger partial charge on any atom is -0.476 e. The van der Waals surface area contributed by atoms with Crippen LogP contribution in [0.1, 0.15) is 41.2 Å². The Hall–Kier alpha value is -1.47. The van der Waals surface area contributed by atoms with E-state index in [4.69, 9.17) is 10.8 Å². The predicted octanol–water partition coefficient (Wildman–Crippen LogP) is 1.02. The van der Waals surface area contributed by atoms with Gasteiger partial charge in [0, 0.05) is 24.8 Å². The Labute approximate surface area is 121 Å². The first-order valence-electron chi connectivity index (χ1n) is 6.69. The third-order valence-corrected chi connectivity index (χ3v) is 4.72. The molecule has 0 radical (unpaired) electrons. The highest BCUT2D eigenvalue weighted by Gasteiger charge is 2.37. The van der Waals surface area contributed by atoms with E-state index in [1.54, 1.807) is 0 Å². The van der Waals surface area contributed by atoms with Crippen molar-refractivity contribution in [3.8, 4) is 0 Å². The fourth-order valence-corrected chi connectivity index (χ4v) is 3.14. The number of carbonyl (C=O) groups excluding carboxylic acids is 1. The monoisotopic (exact) mass is 297 g/mol. The lowest BCUT2D eigenvalue weighted by molar-refractivity contribution is -0.124. The molecule has 0 aliphatic heterocycles. The van der Waals surface area contributed by atoms with Crippen LogP contribution in [-0.4, -0.2) is 35.1 Å². The average molecular weight is 297 g/mol. The summed E-state index contributed by atoms with van der Waals surface area (Å²) in [4.78, 5) is 26.5. The molecule has 1 aromatic heterocycles.